The molecule has 0 aliphatic rings. The third-order valence-electron chi connectivity index (χ3n) is 29.6. The average molecular weight is 1770 g/mol. The molecule has 0 heteroatoms. The first-order chi connectivity index (χ1) is 69.5. The predicted molar refractivity (Wildman–Crippen MR) is 606 cm³/mol. The second-order valence-electron chi connectivity index (χ2n) is 37.2. The van der Waals surface area contributed by atoms with E-state index in [-0.39, 0.29) is 0 Å². The highest BCUT2D eigenvalue weighted by Crippen LogP contribution is 2.55. The highest BCUT2D eigenvalue weighted by atomic mass is 14.3. The molecule has 0 nitrogen and oxygen atoms in total. The molecule has 0 radical (unpaired) electrons. The molecular weight excluding hydrogens is 1680 g/mol. The number of fused-ring (bicyclic) bond motifs is 21. The monoisotopic (exact) mass is 1770 g/mol. The Labute approximate surface area is 811 Å². The first-order valence-corrected chi connectivity index (χ1v) is 48.7. The minimum Gasteiger partial charge on any atom is -0.0622 e. The molecule has 0 spiro atoms. The minimum absolute atomic E-state index is 1.23. The molecule has 29 rings (SSSR count). The fraction of sp³-hybridized carbons (Fsp3) is 0. The fourth-order valence-electron chi connectivity index (χ4n) is 23.6. The van der Waals surface area contributed by atoms with Crippen LogP contribution in [0.2, 0.25) is 0 Å². The first kappa shape index (κ1) is 81.4. The zero-order valence-electron chi connectivity index (χ0n) is 76.8. The molecule has 29 aromatic rings. The van der Waals surface area contributed by atoms with Gasteiger partial charge in [0.25, 0.3) is 0 Å². The van der Waals surface area contributed by atoms with E-state index in [9.17, 15) is 0 Å². The predicted octanol–water partition coefficient (Wildman–Crippen LogP) is 39.7. The van der Waals surface area contributed by atoms with E-state index in [2.05, 4.69) is 534 Å². The van der Waals surface area contributed by atoms with Crippen LogP contribution in [0.5, 0.6) is 0 Å². The summed E-state index contributed by atoms with van der Waals surface area (Å²) in [5.41, 5.74) is 22.8. The van der Waals surface area contributed by atoms with Crippen molar-refractivity contribution in [3.05, 3.63) is 534 Å². The normalized spacial score (nSPS) is 11.7. The number of rotatable bonds is 9. The molecule has 0 N–H and O–H groups in total. The van der Waals surface area contributed by atoms with Crippen molar-refractivity contribution in [1.82, 2.24) is 0 Å². The Morgan fingerprint density at radius 3 is 0.557 bits per heavy atom. The second kappa shape index (κ2) is 34.0. The lowest BCUT2D eigenvalue weighted by molar-refractivity contribution is 1.63. The maximum atomic E-state index is 2.46. The third kappa shape index (κ3) is 13.5. The highest BCUT2D eigenvalue weighted by molar-refractivity contribution is 6.32. The van der Waals surface area contributed by atoms with Gasteiger partial charge in [0, 0.05) is 0 Å². The molecule has 0 aliphatic carbocycles. The lowest BCUT2D eigenvalue weighted by Crippen LogP contribution is -1.94. The summed E-state index contributed by atoms with van der Waals surface area (Å²) in [6.07, 6.45) is 0. The van der Waals surface area contributed by atoms with E-state index in [1.165, 1.54) is 283 Å². The molecule has 0 heterocycles. The Hall–Kier alpha value is -18.2. The summed E-state index contributed by atoms with van der Waals surface area (Å²) in [6.45, 7) is 0. The van der Waals surface area contributed by atoms with Crippen molar-refractivity contribution in [2.45, 2.75) is 0 Å². The average Bonchev–Trinajstić information content (AvgIpc) is 0.727. The molecule has 29 aromatic carbocycles. The van der Waals surface area contributed by atoms with Gasteiger partial charge < -0.3 is 0 Å². The van der Waals surface area contributed by atoms with Crippen molar-refractivity contribution < 1.29 is 0 Å². The van der Waals surface area contributed by atoms with Gasteiger partial charge in [-0.05, 0) is 332 Å². The molecule has 0 aliphatic heterocycles. The zero-order valence-corrected chi connectivity index (χ0v) is 76.8. The van der Waals surface area contributed by atoms with Crippen molar-refractivity contribution >= 4 is 183 Å². The molecule has 0 saturated heterocycles. The van der Waals surface area contributed by atoms with E-state index in [1.807, 2.05) is 0 Å². The lowest BCUT2D eigenvalue weighted by atomic mass is 9.82. The van der Waals surface area contributed by atoms with E-state index in [0.717, 1.165) is 0 Å². The van der Waals surface area contributed by atoms with E-state index in [4.69, 9.17) is 0 Å². The highest BCUT2D eigenvalue weighted by Gasteiger charge is 2.27. The molecule has 0 fully saturated rings. The first-order valence-electron chi connectivity index (χ1n) is 48.7. The standard InChI is InChI=1S/C52H32.2C44H28/c1-6-20-39-33(15-1)29-36(48-30-34-16-2-4-18-37(34)40-21-7-9-23-42(40)48)32-49(39)51-44-25-11-13-27-46(44)52(47-28-14-12-26-45(47)51)50-31-35-17-3-5-19-38(35)41-22-8-10-24-43(41)50;1-2-14-29(15-3-1)32-26-30-16-4-7-19-34(30)41(28-32)43-37-22-10-12-24-39(37)44(40-25-13-11-23-38(40)43)42-27-31-17-5-6-18-33(31)35-20-8-9-21-36(35)42;1-2-14-29(15-3-1)31-24-12-26-35-34(31)25-13-27-37(35)43-38-20-8-10-22-40(38)44(41-23-11-9-21-39(41)43)42-28-30-16-4-5-17-32(30)33-18-6-7-19-36(33)42/h1-32H;2*1-28H. The summed E-state index contributed by atoms with van der Waals surface area (Å²) in [4.78, 5) is 0. The Balaban J connectivity index is 0.000000106. The summed E-state index contributed by atoms with van der Waals surface area (Å²) < 4.78 is 0. The number of hydrogen-bond donors (Lipinski definition) is 0. The lowest BCUT2D eigenvalue weighted by Gasteiger charge is -2.21. The van der Waals surface area contributed by atoms with Crippen LogP contribution in [0.4, 0.5) is 0 Å². The van der Waals surface area contributed by atoms with Crippen molar-refractivity contribution in [3.8, 4) is 100 Å². The molecule has 0 atom stereocenters. The molecule has 0 unspecified atom stereocenters. The largest absolute Gasteiger partial charge is 0.0622 e. The maximum Gasteiger partial charge on any atom is -0.00199 e. The van der Waals surface area contributed by atoms with Crippen molar-refractivity contribution in [1.29, 1.82) is 0 Å². The van der Waals surface area contributed by atoms with Gasteiger partial charge in [0.2, 0.25) is 0 Å². The Morgan fingerprint density at radius 1 is 0.0714 bits per heavy atom. The minimum atomic E-state index is 1.23. The Morgan fingerprint density at radius 2 is 0.250 bits per heavy atom. The van der Waals surface area contributed by atoms with Crippen LogP contribution in [0.1, 0.15) is 0 Å². The van der Waals surface area contributed by atoms with Gasteiger partial charge in [-0.1, -0.05) is 485 Å². The van der Waals surface area contributed by atoms with Gasteiger partial charge in [0.1, 0.15) is 0 Å². The molecule has 0 saturated carbocycles. The van der Waals surface area contributed by atoms with E-state index < -0.39 is 0 Å². The quantitative estimate of drug-likeness (QED) is 0.0998. The topological polar surface area (TPSA) is 0 Å². The molecule has 648 valence electrons. The van der Waals surface area contributed by atoms with Gasteiger partial charge in [0.05, 0.1) is 0 Å². The number of hydrogen-bond acceptors (Lipinski definition) is 0. The zero-order chi connectivity index (χ0) is 92.2. The van der Waals surface area contributed by atoms with Crippen LogP contribution < -0.4 is 0 Å². The fourth-order valence-corrected chi connectivity index (χ4v) is 23.6. The van der Waals surface area contributed by atoms with Crippen LogP contribution in [-0.2, 0) is 0 Å². The smallest absolute Gasteiger partial charge is 0.00199 e. The van der Waals surface area contributed by atoms with E-state index in [0.29, 0.717) is 0 Å². The van der Waals surface area contributed by atoms with Gasteiger partial charge in [-0.2, -0.15) is 0 Å². The summed E-state index contributed by atoms with van der Waals surface area (Å²) in [5, 5.41) is 43.3. The Kier molecular flexibility index (Phi) is 19.8. The summed E-state index contributed by atoms with van der Waals surface area (Å²) >= 11 is 0. The molecule has 140 heavy (non-hydrogen) atoms. The van der Waals surface area contributed by atoms with Gasteiger partial charge in [-0.15, -0.1) is 0 Å². The van der Waals surface area contributed by atoms with Crippen LogP contribution in [0.15, 0.2) is 534 Å². The van der Waals surface area contributed by atoms with Crippen LogP contribution in [0.25, 0.3) is 283 Å². The van der Waals surface area contributed by atoms with Crippen LogP contribution in [-0.4, -0.2) is 0 Å². The molecule has 0 aromatic heterocycles. The summed E-state index contributed by atoms with van der Waals surface area (Å²) in [7, 11) is 0. The maximum absolute atomic E-state index is 2.46. The third-order valence-corrected chi connectivity index (χ3v) is 29.6. The second-order valence-corrected chi connectivity index (χ2v) is 37.2. The Bertz CT molecular complexity index is 9970. The summed E-state index contributed by atoms with van der Waals surface area (Å²) in [5.74, 6) is 0. The van der Waals surface area contributed by atoms with Crippen LogP contribution >= 0.6 is 0 Å². The van der Waals surface area contributed by atoms with Gasteiger partial charge in [-0.3, -0.25) is 0 Å². The SMILES string of the molecule is c1ccc(-c2cc(-c3c4ccccc4c(-c4cc5ccccc5c5ccccc45)c4ccccc34)c3ccccc3c2)cc1.c1ccc(-c2cccc3c(-c4c5ccccc5c(-c5cc6ccccc6c6ccccc56)c5ccccc45)cccc23)cc1.c1ccc2c(-c3c4ccccc4c(-c4cc5ccccc5c5ccccc45)c4ccccc34)cc(-c3cc4ccccc4c4ccccc34)cc2c1. The van der Waals surface area contributed by atoms with E-state index in [1.54, 1.807) is 0 Å². The molecular formula is C140H88. The van der Waals surface area contributed by atoms with E-state index >= 15 is 0 Å². The van der Waals surface area contributed by atoms with Gasteiger partial charge in [-0.25, -0.2) is 0 Å². The van der Waals surface area contributed by atoms with Crippen LogP contribution in [0.3, 0.4) is 0 Å². The van der Waals surface area contributed by atoms with Crippen molar-refractivity contribution in [3.63, 3.8) is 0 Å². The van der Waals surface area contributed by atoms with Crippen molar-refractivity contribution in [2.75, 3.05) is 0 Å². The molecule has 0 amide bonds. The van der Waals surface area contributed by atoms with Gasteiger partial charge >= 0.3 is 0 Å². The van der Waals surface area contributed by atoms with Gasteiger partial charge in [0.15, 0.2) is 0 Å². The van der Waals surface area contributed by atoms with Crippen LogP contribution in [0, 0.1) is 0 Å². The molecule has 0 bridgehead atoms. The van der Waals surface area contributed by atoms with Crippen molar-refractivity contribution in [2.24, 2.45) is 0 Å². The summed E-state index contributed by atoms with van der Waals surface area (Å²) in [6, 6.07) is 197. The number of benzene rings is 29.